The van der Waals surface area contributed by atoms with Crippen molar-refractivity contribution in [2.45, 2.75) is 37.3 Å². The largest absolute Gasteiger partial charge is 0.497 e. The van der Waals surface area contributed by atoms with Crippen LogP contribution < -0.4 is 10.1 Å². The van der Waals surface area contributed by atoms with Crippen molar-refractivity contribution in [3.05, 3.63) is 24.3 Å². The SMILES string of the molecule is COc1ccc(-c2nc(SCC(=O)NCC3CCCCC3)n[nH]2)cc1. The Hall–Kier alpha value is -2.02. The number of hydrogen-bond acceptors (Lipinski definition) is 5. The monoisotopic (exact) mass is 360 g/mol. The number of aromatic amines is 1. The van der Waals surface area contributed by atoms with E-state index < -0.39 is 0 Å². The molecule has 2 N–H and O–H groups in total. The maximum atomic E-state index is 12.0. The Morgan fingerprint density at radius 3 is 2.76 bits per heavy atom. The van der Waals surface area contributed by atoms with E-state index in [1.54, 1.807) is 7.11 Å². The minimum atomic E-state index is 0.0476. The molecular formula is C18H24N4O2S. The number of methoxy groups -OCH3 is 1. The fourth-order valence-electron chi connectivity index (χ4n) is 3.02. The van der Waals surface area contributed by atoms with E-state index in [1.807, 2.05) is 24.3 Å². The lowest BCUT2D eigenvalue weighted by Gasteiger charge is -2.21. The number of nitrogens with zero attached hydrogens (tertiary/aromatic N) is 2. The molecule has 134 valence electrons. The first-order valence-electron chi connectivity index (χ1n) is 8.71. The van der Waals surface area contributed by atoms with Crippen LogP contribution in [0.2, 0.25) is 0 Å². The van der Waals surface area contributed by atoms with Crippen LogP contribution in [0.4, 0.5) is 0 Å². The highest BCUT2D eigenvalue weighted by Crippen LogP contribution is 2.23. The van der Waals surface area contributed by atoms with Crippen LogP contribution in [0.5, 0.6) is 5.75 Å². The normalized spacial score (nSPS) is 15.1. The van der Waals surface area contributed by atoms with Crippen molar-refractivity contribution in [3.63, 3.8) is 0 Å². The van der Waals surface area contributed by atoms with Crippen molar-refractivity contribution in [2.24, 2.45) is 5.92 Å². The highest BCUT2D eigenvalue weighted by Gasteiger charge is 2.15. The standard InChI is InChI=1S/C18H24N4O2S/c1-24-15-9-7-14(8-10-15)17-20-18(22-21-17)25-12-16(23)19-11-13-5-3-2-4-6-13/h7-10,13H,2-6,11-12H2,1H3,(H,19,23)(H,20,21,22). The first kappa shape index (κ1) is 17.8. The van der Waals surface area contributed by atoms with Crippen LogP contribution in [0.25, 0.3) is 11.4 Å². The van der Waals surface area contributed by atoms with E-state index in [1.165, 1.54) is 43.9 Å². The van der Waals surface area contributed by atoms with Crippen molar-refractivity contribution in [2.75, 3.05) is 19.4 Å². The third-order valence-electron chi connectivity index (χ3n) is 4.47. The van der Waals surface area contributed by atoms with E-state index in [4.69, 9.17) is 4.74 Å². The third-order valence-corrected chi connectivity index (χ3v) is 5.32. The van der Waals surface area contributed by atoms with Gasteiger partial charge in [0.05, 0.1) is 12.9 Å². The van der Waals surface area contributed by atoms with E-state index in [9.17, 15) is 4.79 Å². The van der Waals surface area contributed by atoms with Crippen LogP contribution in [-0.2, 0) is 4.79 Å². The van der Waals surface area contributed by atoms with Crippen LogP contribution in [0, 0.1) is 5.92 Å². The predicted octanol–water partition coefficient (Wildman–Crippen LogP) is 3.27. The zero-order valence-electron chi connectivity index (χ0n) is 14.5. The zero-order valence-corrected chi connectivity index (χ0v) is 15.3. The minimum absolute atomic E-state index is 0.0476. The Balaban J connectivity index is 1.45. The number of rotatable bonds is 7. The number of benzene rings is 1. The number of nitrogens with one attached hydrogen (secondary N) is 2. The van der Waals surface area contributed by atoms with Crippen LogP contribution >= 0.6 is 11.8 Å². The molecule has 0 radical (unpaired) electrons. The molecule has 25 heavy (non-hydrogen) atoms. The van der Waals surface area contributed by atoms with E-state index in [0.29, 0.717) is 22.7 Å². The number of amides is 1. The zero-order chi connectivity index (χ0) is 17.5. The van der Waals surface area contributed by atoms with Gasteiger partial charge in [-0.3, -0.25) is 9.89 Å². The summed E-state index contributed by atoms with van der Waals surface area (Å²) < 4.78 is 5.15. The van der Waals surface area contributed by atoms with E-state index in [-0.39, 0.29) is 5.91 Å². The lowest BCUT2D eigenvalue weighted by atomic mass is 9.89. The van der Waals surface area contributed by atoms with Gasteiger partial charge in [0.2, 0.25) is 11.1 Å². The molecule has 1 aliphatic carbocycles. The molecule has 0 spiro atoms. The molecule has 0 unspecified atom stereocenters. The van der Waals surface area contributed by atoms with Gasteiger partial charge < -0.3 is 10.1 Å². The summed E-state index contributed by atoms with van der Waals surface area (Å²) in [5, 5.41) is 10.7. The predicted molar refractivity (Wildman–Crippen MR) is 98.7 cm³/mol. The van der Waals surface area contributed by atoms with Gasteiger partial charge in [0.15, 0.2) is 5.82 Å². The topological polar surface area (TPSA) is 79.9 Å². The van der Waals surface area contributed by atoms with Crippen molar-refractivity contribution >= 4 is 17.7 Å². The first-order chi connectivity index (χ1) is 12.2. The lowest BCUT2D eigenvalue weighted by Crippen LogP contribution is -2.31. The van der Waals surface area contributed by atoms with Crippen molar-refractivity contribution in [1.29, 1.82) is 0 Å². The second-order valence-electron chi connectivity index (χ2n) is 6.29. The van der Waals surface area contributed by atoms with Crippen LogP contribution in [0.15, 0.2) is 29.4 Å². The maximum Gasteiger partial charge on any atom is 0.230 e. The third kappa shape index (κ3) is 5.22. The summed E-state index contributed by atoms with van der Waals surface area (Å²) in [6.07, 6.45) is 6.39. The van der Waals surface area contributed by atoms with Crippen molar-refractivity contribution in [3.8, 4) is 17.1 Å². The van der Waals surface area contributed by atoms with Gasteiger partial charge in [-0.25, -0.2) is 4.98 Å². The summed E-state index contributed by atoms with van der Waals surface area (Å²) in [5.41, 5.74) is 0.932. The molecule has 3 rings (SSSR count). The molecule has 2 aromatic rings. The van der Waals surface area contributed by atoms with E-state index >= 15 is 0 Å². The van der Waals surface area contributed by atoms with Gasteiger partial charge in [-0.2, -0.15) is 0 Å². The molecule has 1 saturated carbocycles. The van der Waals surface area contributed by atoms with Gasteiger partial charge in [0.1, 0.15) is 5.75 Å². The molecule has 0 bridgehead atoms. The molecule has 1 amide bonds. The van der Waals surface area contributed by atoms with Crippen molar-refractivity contribution < 1.29 is 9.53 Å². The number of carbonyl (C=O) groups excluding carboxylic acids is 1. The summed E-state index contributed by atoms with van der Waals surface area (Å²) in [7, 11) is 1.64. The lowest BCUT2D eigenvalue weighted by molar-refractivity contribution is -0.118. The van der Waals surface area contributed by atoms with E-state index in [2.05, 4.69) is 20.5 Å². The highest BCUT2D eigenvalue weighted by molar-refractivity contribution is 7.99. The van der Waals surface area contributed by atoms with E-state index in [0.717, 1.165) is 17.9 Å². The Kier molecular flexibility index (Phi) is 6.33. The van der Waals surface area contributed by atoms with Crippen LogP contribution in [0.1, 0.15) is 32.1 Å². The van der Waals surface area contributed by atoms with Gasteiger partial charge in [-0.05, 0) is 43.0 Å². The number of aromatic nitrogens is 3. The van der Waals surface area contributed by atoms with Crippen molar-refractivity contribution in [1.82, 2.24) is 20.5 Å². The van der Waals surface area contributed by atoms with Crippen LogP contribution in [0.3, 0.4) is 0 Å². The van der Waals surface area contributed by atoms with Gasteiger partial charge in [-0.1, -0.05) is 31.0 Å². The molecule has 0 saturated heterocycles. The number of H-pyrrole nitrogens is 1. The first-order valence-corrected chi connectivity index (χ1v) is 9.69. The molecule has 1 heterocycles. The number of thioether (sulfide) groups is 1. The summed E-state index contributed by atoms with van der Waals surface area (Å²) >= 11 is 1.35. The summed E-state index contributed by atoms with van der Waals surface area (Å²) in [5.74, 6) is 2.52. The molecule has 1 fully saturated rings. The number of carbonyl (C=O) groups is 1. The Morgan fingerprint density at radius 1 is 1.28 bits per heavy atom. The summed E-state index contributed by atoms with van der Waals surface area (Å²) in [6, 6.07) is 7.60. The van der Waals surface area contributed by atoms with Gasteiger partial charge in [0.25, 0.3) is 0 Å². The van der Waals surface area contributed by atoms with Gasteiger partial charge in [-0.15, -0.1) is 5.10 Å². The maximum absolute atomic E-state index is 12.0. The average Bonchev–Trinajstić information content (AvgIpc) is 3.14. The van der Waals surface area contributed by atoms with Gasteiger partial charge >= 0.3 is 0 Å². The molecule has 0 atom stereocenters. The Morgan fingerprint density at radius 2 is 2.04 bits per heavy atom. The second kappa shape index (κ2) is 8.89. The molecule has 1 aromatic heterocycles. The Bertz CT molecular complexity index is 681. The molecule has 6 nitrogen and oxygen atoms in total. The van der Waals surface area contributed by atoms with Gasteiger partial charge in [0, 0.05) is 12.1 Å². The molecule has 0 aliphatic heterocycles. The molecule has 1 aromatic carbocycles. The quantitative estimate of drug-likeness (QED) is 0.741. The average molecular weight is 360 g/mol. The highest BCUT2D eigenvalue weighted by atomic mass is 32.2. The molecular weight excluding hydrogens is 336 g/mol. The molecule has 7 heteroatoms. The number of hydrogen-bond donors (Lipinski definition) is 2. The Labute approximate surface area is 152 Å². The molecule has 1 aliphatic rings. The number of ether oxygens (including phenoxy) is 1. The fourth-order valence-corrected chi connectivity index (χ4v) is 3.65. The summed E-state index contributed by atoms with van der Waals surface area (Å²) in [4.78, 5) is 16.4. The summed E-state index contributed by atoms with van der Waals surface area (Å²) in [6.45, 7) is 0.796. The second-order valence-corrected chi connectivity index (χ2v) is 7.23. The van der Waals surface area contributed by atoms with Crippen LogP contribution in [-0.4, -0.2) is 40.5 Å². The fraction of sp³-hybridized carbons (Fsp3) is 0.500. The minimum Gasteiger partial charge on any atom is -0.497 e. The smallest absolute Gasteiger partial charge is 0.230 e.